The lowest BCUT2D eigenvalue weighted by molar-refractivity contribution is 0.112. The summed E-state index contributed by atoms with van der Waals surface area (Å²) in [6.45, 7) is 4.98. The first kappa shape index (κ1) is 15.7. The molecular formula is C17H24N2O2S. The first-order chi connectivity index (χ1) is 10.6. The van der Waals surface area contributed by atoms with E-state index in [1.807, 2.05) is 18.2 Å². The lowest BCUT2D eigenvalue weighted by Gasteiger charge is -2.37. The van der Waals surface area contributed by atoms with Crippen molar-refractivity contribution >= 4 is 15.9 Å². The largest absolute Gasteiger partial charge is 0.297 e. The van der Waals surface area contributed by atoms with Gasteiger partial charge in [-0.2, -0.15) is 0 Å². The summed E-state index contributed by atoms with van der Waals surface area (Å²) >= 11 is 0. The highest BCUT2D eigenvalue weighted by atomic mass is 32.2. The number of hydrogen-bond donors (Lipinski definition) is 0. The summed E-state index contributed by atoms with van der Waals surface area (Å²) in [7, 11) is -2.77. The van der Waals surface area contributed by atoms with Crippen molar-refractivity contribution in [3.05, 3.63) is 42.0 Å². The molecule has 0 bridgehead atoms. The Morgan fingerprint density at radius 2 is 1.82 bits per heavy atom. The van der Waals surface area contributed by atoms with Gasteiger partial charge in [0.25, 0.3) is 0 Å². The van der Waals surface area contributed by atoms with E-state index < -0.39 is 9.84 Å². The van der Waals surface area contributed by atoms with Gasteiger partial charge >= 0.3 is 0 Å². The maximum absolute atomic E-state index is 11.6. The van der Waals surface area contributed by atoms with Crippen LogP contribution in [-0.4, -0.2) is 68.5 Å². The third kappa shape index (κ3) is 4.18. The minimum atomic E-state index is -2.77. The van der Waals surface area contributed by atoms with Crippen LogP contribution in [0.15, 0.2) is 36.4 Å². The fourth-order valence-corrected chi connectivity index (χ4v) is 5.04. The molecule has 0 aliphatic carbocycles. The molecule has 1 unspecified atom stereocenters. The molecule has 3 rings (SSSR count). The predicted molar refractivity (Wildman–Crippen MR) is 90.5 cm³/mol. The number of hydrogen-bond acceptors (Lipinski definition) is 4. The van der Waals surface area contributed by atoms with Crippen molar-refractivity contribution in [1.29, 1.82) is 0 Å². The molecule has 0 spiro atoms. The molecule has 0 aromatic heterocycles. The molecule has 0 amide bonds. The van der Waals surface area contributed by atoms with E-state index in [2.05, 4.69) is 34.1 Å². The molecule has 1 aromatic rings. The van der Waals surface area contributed by atoms with Gasteiger partial charge in [0.05, 0.1) is 11.5 Å². The van der Waals surface area contributed by atoms with E-state index in [0.717, 1.165) is 39.1 Å². The van der Waals surface area contributed by atoms with Crippen molar-refractivity contribution in [3.8, 4) is 0 Å². The van der Waals surface area contributed by atoms with Crippen molar-refractivity contribution in [2.75, 3.05) is 44.2 Å². The normalized spacial score (nSPS) is 26.6. The van der Waals surface area contributed by atoms with Crippen molar-refractivity contribution in [3.63, 3.8) is 0 Å². The molecule has 4 nitrogen and oxygen atoms in total. The number of benzene rings is 1. The van der Waals surface area contributed by atoms with E-state index in [-0.39, 0.29) is 6.04 Å². The average molecular weight is 320 g/mol. The molecule has 2 fully saturated rings. The molecule has 1 atom stereocenters. The Morgan fingerprint density at radius 3 is 2.45 bits per heavy atom. The summed E-state index contributed by atoms with van der Waals surface area (Å²) in [4.78, 5) is 4.79. The second kappa shape index (κ2) is 6.94. The van der Waals surface area contributed by atoms with Gasteiger partial charge in [-0.25, -0.2) is 8.42 Å². The molecule has 1 aromatic carbocycles. The lowest BCUT2D eigenvalue weighted by Crippen LogP contribution is -2.50. The van der Waals surface area contributed by atoms with Crippen LogP contribution in [0.1, 0.15) is 12.0 Å². The van der Waals surface area contributed by atoms with Gasteiger partial charge in [0.15, 0.2) is 9.84 Å². The molecule has 2 saturated heterocycles. The zero-order valence-corrected chi connectivity index (χ0v) is 13.7. The predicted octanol–water partition coefficient (Wildman–Crippen LogP) is 1.50. The Morgan fingerprint density at radius 1 is 1.09 bits per heavy atom. The standard InChI is InChI=1S/C17H24N2O2S/c20-22(21)14-8-17(15-22)19-12-10-18(11-13-19)9-4-7-16-5-2-1-3-6-16/h1-7,17H,8-15H2/b7-4+. The SMILES string of the molecule is O=S1(=O)CCC(N2CCN(C/C=C/c3ccccc3)CC2)C1. The quantitative estimate of drug-likeness (QED) is 0.843. The highest BCUT2D eigenvalue weighted by Crippen LogP contribution is 2.19. The summed E-state index contributed by atoms with van der Waals surface area (Å²) in [6.07, 6.45) is 5.19. The maximum Gasteiger partial charge on any atom is 0.151 e. The van der Waals surface area contributed by atoms with E-state index in [9.17, 15) is 8.42 Å². The Hall–Kier alpha value is -1.17. The fraction of sp³-hybridized carbons (Fsp3) is 0.529. The highest BCUT2D eigenvalue weighted by Gasteiger charge is 2.33. The van der Waals surface area contributed by atoms with Crippen molar-refractivity contribution in [2.45, 2.75) is 12.5 Å². The van der Waals surface area contributed by atoms with Crippen LogP contribution in [0.3, 0.4) is 0 Å². The first-order valence-corrected chi connectivity index (χ1v) is 9.83. The van der Waals surface area contributed by atoms with Gasteiger partial charge in [-0.1, -0.05) is 42.5 Å². The monoisotopic (exact) mass is 320 g/mol. The Balaban J connectivity index is 1.43. The molecule has 0 N–H and O–H groups in total. The van der Waals surface area contributed by atoms with Crippen LogP contribution in [0.2, 0.25) is 0 Å². The second-order valence-corrected chi connectivity index (χ2v) is 8.44. The Bertz CT molecular complexity index is 605. The van der Waals surface area contributed by atoms with Gasteiger partial charge in [0, 0.05) is 38.8 Å². The average Bonchev–Trinajstić information content (AvgIpc) is 2.89. The third-order valence-corrected chi connectivity index (χ3v) is 6.36. The molecule has 2 heterocycles. The summed E-state index contributed by atoms with van der Waals surface area (Å²) in [5, 5.41) is 0. The third-order valence-electron chi connectivity index (χ3n) is 4.61. The van der Waals surface area contributed by atoms with Crippen molar-refractivity contribution < 1.29 is 8.42 Å². The van der Waals surface area contributed by atoms with Crippen LogP contribution >= 0.6 is 0 Å². The molecule has 120 valence electrons. The van der Waals surface area contributed by atoms with Crippen LogP contribution in [0.5, 0.6) is 0 Å². The summed E-state index contributed by atoms with van der Waals surface area (Å²) in [5.74, 6) is 0.735. The van der Waals surface area contributed by atoms with Gasteiger partial charge in [-0.15, -0.1) is 0 Å². The van der Waals surface area contributed by atoms with Crippen molar-refractivity contribution in [2.24, 2.45) is 0 Å². The maximum atomic E-state index is 11.6. The molecule has 0 saturated carbocycles. The minimum Gasteiger partial charge on any atom is -0.297 e. The zero-order chi connectivity index (χ0) is 15.4. The number of piperazine rings is 1. The van der Waals surface area contributed by atoms with Crippen LogP contribution < -0.4 is 0 Å². The summed E-state index contributed by atoms with van der Waals surface area (Å²) in [6, 6.07) is 10.6. The van der Waals surface area contributed by atoms with Gasteiger partial charge < -0.3 is 0 Å². The molecule has 22 heavy (non-hydrogen) atoms. The second-order valence-electron chi connectivity index (χ2n) is 6.21. The fourth-order valence-electron chi connectivity index (χ4n) is 3.28. The van der Waals surface area contributed by atoms with Gasteiger partial charge in [0.2, 0.25) is 0 Å². The zero-order valence-electron chi connectivity index (χ0n) is 12.9. The van der Waals surface area contributed by atoms with E-state index in [0.29, 0.717) is 11.5 Å². The first-order valence-electron chi connectivity index (χ1n) is 8.01. The smallest absolute Gasteiger partial charge is 0.151 e. The molecule has 2 aliphatic rings. The topological polar surface area (TPSA) is 40.6 Å². The molecule has 0 radical (unpaired) electrons. The van der Waals surface area contributed by atoms with Crippen molar-refractivity contribution in [1.82, 2.24) is 9.80 Å². The number of sulfone groups is 1. The molecule has 2 aliphatic heterocycles. The van der Waals surface area contributed by atoms with E-state index >= 15 is 0 Å². The van der Waals surface area contributed by atoms with E-state index in [4.69, 9.17) is 0 Å². The van der Waals surface area contributed by atoms with E-state index in [1.165, 1.54) is 5.56 Å². The van der Waals surface area contributed by atoms with Crippen LogP contribution in [0.4, 0.5) is 0 Å². The Labute approximate surface area is 133 Å². The summed E-state index contributed by atoms with van der Waals surface area (Å²) in [5.41, 5.74) is 1.23. The van der Waals surface area contributed by atoms with Crippen LogP contribution in [0.25, 0.3) is 6.08 Å². The number of rotatable bonds is 4. The Kier molecular flexibility index (Phi) is 4.96. The van der Waals surface area contributed by atoms with Gasteiger partial charge in [-0.3, -0.25) is 9.80 Å². The van der Waals surface area contributed by atoms with Crippen LogP contribution in [-0.2, 0) is 9.84 Å². The minimum absolute atomic E-state index is 0.256. The number of nitrogens with zero attached hydrogens (tertiary/aromatic N) is 2. The lowest BCUT2D eigenvalue weighted by atomic mass is 10.2. The van der Waals surface area contributed by atoms with E-state index in [1.54, 1.807) is 0 Å². The molecular weight excluding hydrogens is 296 g/mol. The molecule has 5 heteroatoms. The highest BCUT2D eigenvalue weighted by molar-refractivity contribution is 7.91. The van der Waals surface area contributed by atoms with Crippen LogP contribution in [0, 0.1) is 0 Å². The van der Waals surface area contributed by atoms with Gasteiger partial charge in [-0.05, 0) is 12.0 Å². The summed E-state index contributed by atoms with van der Waals surface area (Å²) < 4.78 is 23.2. The van der Waals surface area contributed by atoms with Gasteiger partial charge in [0.1, 0.15) is 0 Å².